The smallest absolute Gasteiger partial charge is 0.249 e. The van der Waals surface area contributed by atoms with Crippen LogP contribution in [0.3, 0.4) is 0 Å². The molecule has 6 heteroatoms. The van der Waals surface area contributed by atoms with Gasteiger partial charge in [-0.15, -0.1) is 10.2 Å². The van der Waals surface area contributed by atoms with Crippen LogP contribution in [-0.2, 0) is 6.54 Å². The van der Waals surface area contributed by atoms with Crippen molar-refractivity contribution < 1.29 is 4.42 Å². The first-order valence-electron chi connectivity index (χ1n) is 7.99. The fourth-order valence-electron chi connectivity index (χ4n) is 2.64. The fourth-order valence-corrected chi connectivity index (χ4v) is 3.13. The molecule has 0 bridgehead atoms. The third-order valence-corrected chi connectivity index (χ3v) is 5.00. The molecule has 0 aliphatic heterocycles. The molecule has 1 aromatic carbocycles. The van der Waals surface area contributed by atoms with Gasteiger partial charge in [0.05, 0.1) is 17.1 Å². The van der Waals surface area contributed by atoms with Crippen LogP contribution in [0.15, 0.2) is 22.6 Å². The molecule has 1 aliphatic rings. The summed E-state index contributed by atoms with van der Waals surface area (Å²) in [5.74, 6) is 1.66. The van der Waals surface area contributed by atoms with Gasteiger partial charge >= 0.3 is 0 Å². The Bertz CT molecular complexity index is 682. The van der Waals surface area contributed by atoms with Gasteiger partial charge in [-0.2, -0.15) is 0 Å². The predicted octanol–water partition coefficient (Wildman–Crippen LogP) is 5.05. The van der Waals surface area contributed by atoms with E-state index in [9.17, 15) is 0 Å². The van der Waals surface area contributed by atoms with Gasteiger partial charge in [0.15, 0.2) is 0 Å². The van der Waals surface area contributed by atoms with Gasteiger partial charge in [0.25, 0.3) is 0 Å². The van der Waals surface area contributed by atoms with E-state index in [0.29, 0.717) is 51.9 Å². The van der Waals surface area contributed by atoms with E-state index in [1.165, 1.54) is 12.8 Å². The van der Waals surface area contributed by atoms with Crippen molar-refractivity contribution in [1.29, 1.82) is 0 Å². The number of aromatic nitrogens is 2. The lowest BCUT2D eigenvalue weighted by atomic mass is 10.0. The number of nitrogens with zero attached hydrogens (tertiary/aromatic N) is 3. The van der Waals surface area contributed by atoms with Crippen LogP contribution in [0.5, 0.6) is 0 Å². The highest BCUT2D eigenvalue weighted by Crippen LogP contribution is 2.33. The van der Waals surface area contributed by atoms with Crippen LogP contribution in [0.4, 0.5) is 0 Å². The Balaban J connectivity index is 1.78. The molecule has 1 aliphatic carbocycles. The van der Waals surface area contributed by atoms with Crippen molar-refractivity contribution in [2.45, 2.75) is 52.2 Å². The van der Waals surface area contributed by atoms with Gasteiger partial charge in [-0.05, 0) is 43.9 Å². The number of rotatable bonds is 6. The zero-order valence-corrected chi connectivity index (χ0v) is 15.1. The molecule has 0 spiro atoms. The minimum atomic E-state index is 0.439. The van der Waals surface area contributed by atoms with E-state index in [1.807, 2.05) is 0 Å². The predicted molar refractivity (Wildman–Crippen MR) is 92.6 cm³/mol. The summed E-state index contributed by atoms with van der Waals surface area (Å²) in [6.45, 7) is 7.43. The molecule has 0 saturated heterocycles. The van der Waals surface area contributed by atoms with Gasteiger partial charge in [0, 0.05) is 17.1 Å². The molecular weight excluding hydrogens is 333 g/mol. The SMILES string of the molecule is CC(C)C(C)N(Cc1nnc(-c2ccc(Cl)cc2Cl)o1)C1CC1. The summed E-state index contributed by atoms with van der Waals surface area (Å²) in [5, 5.41) is 9.44. The molecule has 1 unspecified atom stereocenters. The Labute approximate surface area is 146 Å². The van der Waals surface area contributed by atoms with Crippen molar-refractivity contribution >= 4 is 23.2 Å². The van der Waals surface area contributed by atoms with E-state index in [2.05, 4.69) is 35.9 Å². The summed E-state index contributed by atoms with van der Waals surface area (Å²) in [6, 6.07) is 6.37. The van der Waals surface area contributed by atoms with Crippen LogP contribution in [-0.4, -0.2) is 27.2 Å². The maximum atomic E-state index is 6.21. The molecular formula is C17H21Cl2N3O. The largest absolute Gasteiger partial charge is 0.419 e. The average Bonchev–Trinajstić information content (AvgIpc) is 3.23. The molecule has 1 saturated carbocycles. The van der Waals surface area contributed by atoms with Crippen LogP contribution in [0.25, 0.3) is 11.5 Å². The van der Waals surface area contributed by atoms with Crippen LogP contribution < -0.4 is 0 Å². The summed E-state index contributed by atoms with van der Waals surface area (Å²) in [7, 11) is 0. The van der Waals surface area contributed by atoms with E-state index in [-0.39, 0.29) is 0 Å². The number of halogens is 2. The second kappa shape index (κ2) is 6.80. The average molecular weight is 354 g/mol. The summed E-state index contributed by atoms with van der Waals surface area (Å²) in [4.78, 5) is 2.46. The number of hydrogen-bond acceptors (Lipinski definition) is 4. The van der Waals surface area contributed by atoms with Gasteiger partial charge in [-0.3, -0.25) is 4.90 Å². The summed E-state index contributed by atoms with van der Waals surface area (Å²) >= 11 is 12.1. The Kier molecular flexibility index (Phi) is 4.95. The van der Waals surface area contributed by atoms with Crippen molar-refractivity contribution in [3.63, 3.8) is 0 Å². The van der Waals surface area contributed by atoms with Gasteiger partial charge in [0.2, 0.25) is 11.8 Å². The Morgan fingerprint density at radius 2 is 1.96 bits per heavy atom. The van der Waals surface area contributed by atoms with E-state index in [0.717, 1.165) is 0 Å². The molecule has 0 amide bonds. The lowest BCUT2D eigenvalue weighted by Gasteiger charge is -2.30. The van der Waals surface area contributed by atoms with Crippen molar-refractivity contribution in [3.8, 4) is 11.5 Å². The first-order chi connectivity index (χ1) is 11.0. The number of hydrogen-bond donors (Lipinski definition) is 0. The standard InChI is InChI=1S/C17H21Cl2N3O/c1-10(2)11(3)22(13-5-6-13)9-16-20-21-17(23-16)14-7-4-12(18)8-15(14)19/h4,7-8,10-11,13H,5-6,9H2,1-3H3. The molecule has 3 rings (SSSR count). The van der Waals surface area contributed by atoms with Crippen LogP contribution >= 0.6 is 23.2 Å². The second-order valence-electron chi connectivity index (χ2n) is 6.51. The van der Waals surface area contributed by atoms with Crippen molar-refractivity contribution in [2.24, 2.45) is 5.92 Å². The summed E-state index contributed by atoms with van der Waals surface area (Å²) < 4.78 is 5.84. The molecule has 124 valence electrons. The third kappa shape index (κ3) is 3.87. The summed E-state index contributed by atoms with van der Waals surface area (Å²) in [5.41, 5.74) is 0.713. The van der Waals surface area contributed by atoms with Crippen LogP contribution in [0, 0.1) is 5.92 Å². The van der Waals surface area contributed by atoms with Gasteiger partial charge in [-0.25, -0.2) is 0 Å². The second-order valence-corrected chi connectivity index (χ2v) is 7.36. The molecule has 2 aromatic rings. The first kappa shape index (κ1) is 16.7. The minimum Gasteiger partial charge on any atom is -0.419 e. The fraction of sp³-hybridized carbons (Fsp3) is 0.529. The molecule has 1 aromatic heterocycles. The molecule has 0 N–H and O–H groups in total. The molecule has 1 atom stereocenters. The normalized spacial score (nSPS) is 16.3. The Morgan fingerprint density at radius 1 is 1.22 bits per heavy atom. The van der Waals surface area contributed by atoms with E-state index in [4.69, 9.17) is 27.6 Å². The lowest BCUT2D eigenvalue weighted by Crippen LogP contribution is -2.38. The zero-order chi connectivity index (χ0) is 16.6. The van der Waals surface area contributed by atoms with Crippen LogP contribution in [0.1, 0.15) is 39.5 Å². The highest BCUT2D eigenvalue weighted by atomic mass is 35.5. The van der Waals surface area contributed by atoms with E-state index < -0.39 is 0 Å². The molecule has 1 heterocycles. The number of benzene rings is 1. The maximum Gasteiger partial charge on any atom is 0.249 e. The van der Waals surface area contributed by atoms with E-state index >= 15 is 0 Å². The minimum absolute atomic E-state index is 0.439. The van der Waals surface area contributed by atoms with Gasteiger partial charge in [0.1, 0.15) is 0 Å². The molecule has 23 heavy (non-hydrogen) atoms. The summed E-state index contributed by atoms with van der Waals surface area (Å²) in [6.07, 6.45) is 2.50. The van der Waals surface area contributed by atoms with E-state index in [1.54, 1.807) is 18.2 Å². The van der Waals surface area contributed by atoms with Gasteiger partial charge < -0.3 is 4.42 Å². The van der Waals surface area contributed by atoms with Crippen molar-refractivity contribution in [2.75, 3.05) is 0 Å². The van der Waals surface area contributed by atoms with Gasteiger partial charge in [-0.1, -0.05) is 37.0 Å². The Morgan fingerprint density at radius 3 is 2.57 bits per heavy atom. The lowest BCUT2D eigenvalue weighted by molar-refractivity contribution is 0.137. The highest BCUT2D eigenvalue weighted by Gasteiger charge is 2.34. The van der Waals surface area contributed by atoms with Crippen molar-refractivity contribution in [1.82, 2.24) is 15.1 Å². The van der Waals surface area contributed by atoms with Crippen molar-refractivity contribution in [3.05, 3.63) is 34.1 Å². The monoisotopic (exact) mass is 353 g/mol. The third-order valence-electron chi connectivity index (χ3n) is 4.45. The van der Waals surface area contributed by atoms with Crippen LogP contribution in [0.2, 0.25) is 10.0 Å². The molecule has 0 radical (unpaired) electrons. The highest BCUT2D eigenvalue weighted by molar-refractivity contribution is 6.36. The molecule has 4 nitrogen and oxygen atoms in total. The maximum absolute atomic E-state index is 6.21. The quantitative estimate of drug-likeness (QED) is 0.728. The zero-order valence-electron chi connectivity index (χ0n) is 13.6. The first-order valence-corrected chi connectivity index (χ1v) is 8.75. The topological polar surface area (TPSA) is 42.2 Å². The molecule has 1 fully saturated rings. The Hall–Kier alpha value is -1.10.